The van der Waals surface area contributed by atoms with E-state index in [1.807, 2.05) is 32.9 Å². The molecule has 0 saturated heterocycles. The van der Waals surface area contributed by atoms with Crippen LogP contribution in [0.15, 0.2) is 24.3 Å². The second kappa shape index (κ2) is 8.89. The summed E-state index contributed by atoms with van der Waals surface area (Å²) in [6.45, 7) is 9.96. The van der Waals surface area contributed by atoms with Gasteiger partial charge in [-0.25, -0.2) is 0 Å². The van der Waals surface area contributed by atoms with Crippen molar-refractivity contribution in [1.82, 2.24) is 15.5 Å². The predicted octanol–water partition coefficient (Wildman–Crippen LogP) is 3.44. The molecule has 2 N–H and O–H groups in total. The first-order valence-electron chi connectivity index (χ1n) is 8.77. The standard InChI is InChI=1S/C19H26N4O2S/c1-11(2)10-15-22-23-19(26-15)21-18(25)16(12(3)4)20-17(24)14-8-6-13(5)7-9-14/h6-9,11-12,16H,10H2,1-5H3,(H,20,24)(H,21,23,25). The first-order valence-corrected chi connectivity index (χ1v) is 9.58. The zero-order valence-corrected chi connectivity index (χ0v) is 16.7. The first-order chi connectivity index (χ1) is 12.3. The minimum absolute atomic E-state index is 0.0625. The number of amides is 2. The third kappa shape index (κ3) is 5.62. The molecule has 1 aromatic carbocycles. The molecule has 0 spiro atoms. The fourth-order valence-corrected chi connectivity index (χ4v) is 3.34. The summed E-state index contributed by atoms with van der Waals surface area (Å²) in [6, 6.07) is 6.60. The lowest BCUT2D eigenvalue weighted by Crippen LogP contribution is -2.47. The molecule has 0 aliphatic heterocycles. The predicted molar refractivity (Wildman–Crippen MR) is 104 cm³/mol. The van der Waals surface area contributed by atoms with Crippen LogP contribution >= 0.6 is 11.3 Å². The zero-order valence-electron chi connectivity index (χ0n) is 15.9. The van der Waals surface area contributed by atoms with Crippen LogP contribution < -0.4 is 10.6 Å². The van der Waals surface area contributed by atoms with Gasteiger partial charge in [0.2, 0.25) is 11.0 Å². The molecule has 26 heavy (non-hydrogen) atoms. The van der Waals surface area contributed by atoms with Gasteiger partial charge in [0.05, 0.1) is 0 Å². The molecule has 7 heteroatoms. The molecular formula is C19H26N4O2S. The van der Waals surface area contributed by atoms with Crippen LogP contribution in [0.3, 0.4) is 0 Å². The van der Waals surface area contributed by atoms with Gasteiger partial charge in [0.1, 0.15) is 11.0 Å². The van der Waals surface area contributed by atoms with Gasteiger partial charge in [-0.15, -0.1) is 10.2 Å². The molecule has 1 aromatic heterocycles. The number of anilines is 1. The average Bonchev–Trinajstić information content (AvgIpc) is 2.98. The number of nitrogens with one attached hydrogen (secondary N) is 2. The zero-order chi connectivity index (χ0) is 19.3. The van der Waals surface area contributed by atoms with E-state index in [1.54, 1.807) is 12.1 Å². The van der Waals surface area contributed by atoms with Crippen LogP contribution in [0.25, 0.3) is 0 Å². The van der Waals surface area contributed by atoms with Gasteiger partial charge < -0.3 is 5.32 Å². The molecule has 0 aliphatic carbocycles. The van der Waals surface area contributed by atoms with E-state index in [0.29, 0.717) is 16.6 Å². The smallest absolute Gasteiger partial charge is 0.251 e. The van der Waals surface area contributed by atoms with Gasteiger partial charge in [-0.05, 0) is 30.9 Å². The Morgan fingerprint density at radius 2 is 1.73 bits per heavy atom. The van der Waals surface area contributed by atoms with E-state index in [0.717, 1.165) is 17.0 Å². The maximum atomic E-state index is 12.6. The van der Waals surface area contributed by atoms with Crippen molar-refractivity contribution in [3.63, 3.8) is 0 Å². The van der Waals surface area contributed by atoms with Crippen LogP contribution in [0.2, 0.25) is 0 Å². The Kier molecular flexibility index (Phi) is 6.85. The minimum Gasteiger partial charge on any atom is -0.340 e. The van der Waals surface area contributed by atoms with E-state index >= 15 is 0 Å². The van der Waals surface area contributed by atoms with Crippen molar-refractivity contribution in [1.29, 1.82) is 0 Å². The summed E-state index contributed by atoms with van der Waals surface area (Å²) in [6.07, 6.45) is 0.825. The summed E-state index contributed by atoms with van der Waals surface area (Å²) < 4.78 is 0. The number of aryl methyl sites for hydroxylation is 1. The molecule has 0 saturated carbocycles. The highest BCUT2D eigenvalue weighted by Crippen LogP contribution is 2.19. The Hall–Kier alpha value is -2.28. The number of benzene rings is 1. The molecule has 1 unspecified atom stereocenters. The molecular weight excluding hydrogens is 348 g/mol. The van der Waals surface area contributed by atoms with Gasteiger partial charge in [0, 0.05) is 12.0 Å². The first kappa shape index (κ1) is 20.0. The van der Waals surface area contributed by atoms with Gasteiger partial charge in [-0.1, -0.05) is 56.7 Å². The number of carbonyl (C=O) groups excluding carboxylic acids is 2. The SMILES string of the molecule is Cc1ccc(C(=O)NC(C(=O)Nc2nnc(CC(C)C)s2)C(C)C)cc1. The second-order valence-electron chi connectivity index (χ2n) is 7.15. The average molecular weight is 375 g/mol. The van der Waals surface area contributed by atoms with E-state index in [1.165, 1.54) is 11.3 Å². The lowest BCUT2D eigenvalue weighted by atomic mass is 10.0. The summed E-state index contributed by atoms with van der Waals surface area (Å²) in [5, 5.41) is 15.1. The number of aromatic nitrogens is 2. The van der Waals surface area contributed by atoms with Crippen molar-refractivity contribution in [3.05, 3.63) is 40.4 Å². The van der Waals surface area contributed by atoms with E-state index in [4.69, 9.17) is 0 Å². The normalized spacial score (nSPS) is 12.3. The van der Waals surface area contributed by atoms with E-state index in [-0.39, 0.29) is 17.7 Å². The van der Waals surface area contributed by atoms with Crippen LogP contribution in [-0.4, -0.2) is 28.1 Å². The summed E-state index contributed by atoms with van der Waals surface area (Å²) in [5.41, 5.74) is 1.61. The van der Waals surface area contributed by atoms with Crippen LogP contribution in [0.1, 0.15) is 48.6 Å². The highest BCUT2D eigenvalue weighted by molar-refractivity contribution is 7.15. The third-order valence-corrected chi connectivity index (χ3v) is 4.69. The van der Waals surface area contributed by atoms with Gasteiger partial charge in [0.25, 0.3) is 5.91 Å². The number of hydrogen-bond acceptors (Lipinski definition) is 5. The van der Waals surface area contributed by atoms with Crippen LogP contribution in [0.5, 0.6) is 0 Å². The van der Waals surface area contributed by atoms with Crippen molar-refractivity contribution in [2.24, 2.45) is 11.8 Å². The molecule has 1 atom stereocenters. The molecule has 6 nitrogen and oxygen atoms in total. The summed E-state index contributed by atoms with van der Waals surface area (Å²) in [7, 11) is 0. The highest BCUT2D eigenvalue weighted by atomic mass is 32.1. The van der Waals surface area contributed by atoms with Gasteiger partial charge in [0.15, 0.2) is 0 Å². The van der Waals surface area contributed by atoms with Crippen LogP contribution in [0, 0.1) is 18.8 Å². The number of carbonyl (C=O) groups is 2. The van der Waals surface area contributed by atoms with Crippen molar-refractivity contribution in [2.45, 2.75) is 47.1 Å². The van der Waals surface area contributed by atoms with Gasteiger partial charge in [-0.2, -0.15) is 0 Å². The third-order valence-electron chi connectivity index (χ3n) is 3.83. The Bertz CT molecular complexity index is 753. The fraction of sp³-hybridized carbons (Fsp3) is 0.474. The fourth-order valence-electron chi connectivity index (χ4n) is 2.38. The largest absolute Gasteiger partial charge is 0.340 e. The molecule has 2 aromatic rings. The Morgan fingerprint density at radius 3 is 2.31 bits per heavy atom. The van der Waals surface area contributed by atoms with Crippen molar-refractivity contribution < 1.29 is 9.59 Å². The molecule has 2 rings (SSSR count). The highest BCUT2D eigenvalue weighted by Gasteiger charge is 2.25. The quantitative estimate of drug-likeness (QED) is 0.777. The van der Waals surface area contributed by atoms with Gasteiger partial charge in [-0.3, -0.25) is 14.9 Å². The van der Waals surface area contributed by atoms with E-state index in [9.17, 15) is 9.59 Å². The summed E-state index contributed by atoms with van der Waals surface area (Å²) in [5.74, 6) is -0.138. The van der Waals surface area contributed by atoms with E-state index < -0.39 is 6.04 Å². The van der Waals surface area contributed by atoms with Gasteiger partial charge >= 0.3 is 0 Å². The number of hydrogen-bond donors (Lipinski definition) is 2. The summed E-state index contributed by atoms with van der Waals surface area (Å²) in [4.78, 5) is 25.1. The molecule has 0 aliphatic rings. The lowest BCUT2D eigenvalue weighted by Gasteiger charge is -2.21. The van der Waals surface area contributed by atoms with Crippen LogP contribution in [0.4, 0.5) is 5.13 Å². The molecule has 0 fully saturated rings. The second-order valence-corrected chi connectivity index (χ2v) is 8.21. The molecule has 1 heterocycles. The summed E-state index contributed by atoms with van der Waals surface area (Å²) >= 11 is 1.37. The topological polar surface area (TPSA) is 84.0 Å². The molecule has 2 amide bonds. The maximum Gasteiger partial charge on any atom is 0.251 e. The van der Waals surface area contributed by atoms with Crippen molar-refractivity contribution >= 4 is 28.3 Å². The van der Waals surface area contributed by atoms with E-state index in [2.05, 4.69) is 34.7 Å². The molecule has 140 valence electrons. The number of rotatable bonds is 7. The van der Waals surface area contributed by atoms with Crippen LogP contribution in [-0.2, 0) is 11.2 Å². The Labute approximate surface area is 158 Å². The lowest BCUT2D eigenvalue weighted by molar-refractivity contribution is -0.118. The Morgan fingerprint density at radius 1 is 1.08 bits per heavy atom. The molecule has 0 bridgehead atoms. The monoisotopic (exact) mass is 374 g/mol. The van der Waals surface area contributed by atoms with Crippen molar-refractivity contribution in [3.8, 4) is 0 Å². The Balaban J connectivity index is 2.03. The maximum absolute atomic E-state index is 12.6. The van der Waals surface area contributed by atoms with Crippen molar-refractivity contribution in [2.75, 3.05) is 5.32 Å². The number of nitrogens with zero attached hydrogens (tertiary/aromatic N) is 2. The molecule has 0 radical (unpaired) electrons. The minimum atomic E-state index is -0.652.